The van der Waals surface area contributed by atoms with Gasteiger partial charge in [-0.05, 0) is 29.5 Å². The fourth-order valence-electron chi connectivity index (χ4n) is 2.00. The second kappa shape index (κ2) is 8.67. The van der Waals surface area contributed by atoms with E-state index in [1.54, 1.807) is 0 Å². The van der Waals surface area contributed by atoms with Crippen molar-refractivity contribution in [2.75, 3.05) is 0 Å². The fourth-order valence-corrected chi connectivity index (χ4v) is 2.00. The predicted molar refractivity (Wildman–Crippen MR) is 78.5 cm³/mol. The molecule has 2 heteroatoms. The van der Waals surface area contributed by atoms with Crippen LogP contribution in [0.4, 0.5) is 0 Å². The topological polar surface area (TPSA) is 20.2 Å². The first-order valence-electron chi connectivity index (χ1n) is 6.27. The normalized spacial score (nSPS) is 9.50. The lowest BCUT2D eigenvalue weighted by atomic mass is 9.96. The largest absolute Gasteiger partial charge is 0.433 e. The Kier molecular flexibility index (Phi) is 7.07. The Labute approximate surface area is 113 Å². The first-order chi connectivity index (χ1) is 8.92. The molecule has 0 saturated carbocycles. The van der Waals surface area contributed by atoms with Crippen molar-refractivity contribution >= 4 is 10.5 Å². The number of rotatable bonds is 4. The minimum atomic E-state index is 1.18. The van der Waals surface area contributed by atoms with Crippen LogP contribution in [0.2, 0.25) is 0 Å². The molecule has 3 radical (unpaired) electrons. The van der Waals surface area contributed by atoms with Crippen LogP contribution in [0.25, 0.3) is 11.1 Å². The first-order valence-corrected chi connectivity index (χ1v) is 6.72. The van der Waals surface area contributed by atoms with Crippen LogP contribution in [-0.2, 0) is 6.42 Å². The van der Waals surface area contributed by atoms with Gasteiger partial charge in [-0.3, -0.25) is 0 Å². The van der Waals surface area contributed by atoms with E-state index in [2.05, 4.69) is 61.5 Å². The van der Waals surface area contributed by atoms with E-state index in [4.69, 9.17) is 4.80 Å². The number of aryl methyl sites for hydroxylation is 1. The molecule has 0 fully saturated rings. The Bertz CT molecular complexity index is 440. The highest BCUT2D eigenvalue weighted by atomic mass is 28.2. The molecule has 1 N–H and O–H groups in total. The van der Waals surface area contributed by atoms with Crippen LogP contribution < -0.4 is 0 Å². The summed E-state index contributed by atoms with van der Waals surface area (Å²) < 4.78 is 0. The van der Waals surface area contributed by atoms with Crippen molar-refractivity contribution in [3.8, 4) is 11.1 Å². The Morgan fingerprint density at radius 2 is 1.50 bits per heavy atom. The summed E-state index contributed by atoms with van der Waals surface area (Å²) in [6.45, 7) is 2.24. The van der Waals surface area contributed by atoms with Crippen molar-refractivity contribution in [2.45, 2.75) is 26.2 Å². The summed E-state index contributed by atoms with van der Waals surface area (Å²) in [7, 11) is 1.97. The van der Waals surface area contributed by atoms with E-state index in [9.17, 15) is 0 Å². The molecule has 0 aliphatic carbocycles. The molecular formula is C16H19OSi. The molecule has 2 aromatic carbocycles. The lowest BCUT2D eigenvalue weighted by Gasteiger charge is -2.08. The SMILES string of the molecule is CCCCc1ccccc1-c1ccccc1.O[Si]. The molecule has 18 heavy (non-hydrogen) atoms. The van der Waals surface area contributed by atoms with Crippen LogP contribution in [-0.4, -0.2) is 15.3 Å². The van der Waals surface area contributed by atoms with Crippen molar-refractivity contribution in [1.29, 1.82) is 0 Å². The predicted octanol–water partition coefficient (Wildman–Crippen LogP) is 3.76. The molecule has 0 atom stereocenters. The van der Waals surface area contributed by atoms with Gasteiger partial charge in [0.1, 0.15) is 0 Å². The highest BCUT2D eigenvalue weighted by Gasteiger charge is 2.02. The third-order valence-corrected chi connectivity index (χ3v) is 2.90. The maximum atomic E-state index is 6.81. The van der Waals surface area contributed by atoms with Crippen LogP contribution in [0.15, 0.2) is 54.6 Å². The Hall–Kier alpha value is -1.38. The van der Waals surface area contributed by atoms with Gasteiger partial charge in [-0.25, -0.2) is 0 Å². The monoisotopic (exact) mass is 255 g/mol. The Balaban J connectivity index is 0.000000771. The first kappa shape index (κ1) is 14.7. The lowest BCUT2D eigenvalue weighted by molar-refractivity contribution is 0.629. The van der Waals surface area contributed by atoms with Gasteiger partial charge in [0.05, 0.1) is 0 Å². The van der Waals surface area contributed by atoms with Crippen LogP contribution in [0.1, 0.15) is 25.3 Å². The molecule has 0 aliphatic rings. The van der Waals surface area contributed by atoms with E-state index >= 15 is 0 Å². The molecule has 2 rings (SSSR count). The highest BCUT2D eigenvalue weighted by Crippen LogP contribution is 2.24. The molecule has 0 aromatic heterocycles. The summed E-state index contributed by atoms with van der Waals surface area (Å²) >= 11 is 0. The zero-order valence-corrected chi connectivity index (χ0v) is 11.8. The van der Waals surface area contributed by atoms with Crippen LogP contribution in [0, 0.1) is 0 Å². The zero-order valence-electron chi connectivity index (χ0n) is 10.8. The van der Waals surface area contributed by atoms with E-state index in [0.29, 0.717) is 0 Å². The van der Waals surface area contributed by atoms with E-state index < -0.39 is 0 Å². The van der Waals surface area contributed by atoms with Crippen molar-refractivity contribution in [1.82, 2.24) is 0 Å². The molecule has 0 heterocycles. The van der Waals surface area contributed by atoms with Crippen LogP contribution in [0.3, 0.4) is 0 Å². The van der Waals surface area contributed by atoms with E-state index in [1.165, 1.54) is 36.0 Å². The Morgan fingerprint density at radius 3 is 2.17 bits per heavy atom. The molecule has 0 spiro atoms. The molecule has 0 bridgehead atoms. The molecule has 93 valence electrons. The smallest absolute Gasteiger partial charge is 0.240 e. The van der Waals surface area contributed by atoms with Crippen molar-refractivity contribution < 1.29 is 4.80 Å². The molecular weight excluding hydrogens is 236 g/mol. The summed E-state index contributed by atoms with van der Waals surface area (Å²) in [6, 6.07) is 19.4. The van der Waals surface area contributed by atoms with Gasteiger partial charge in [0, 0.05) is 0 Å². The lowest BCUT2D eigenvalue weighted by Crippen LogP contribution is -1.89. The number of hydrogen-bond acceptors (Lipinski definition) is 1. The fraction of sp³-hybridized carbons (Fsp3) is 0.250. The van der Waals surface area contributed by atoms with Crippen molar-refractivity contribution in [3.63, 3.8) is 0 Å². The number of unbranched alkanes of at least 4 members (excludes halogenated alkanes) is 1. The molecule has 1 nitrogen and oxygen atoms in total. The van der Waals surface area contributed by atoms with Crippen molar-refractivity contribution in [3.05, 3.63) is 60.2 Å². The van der Waals surface area contributed by atoms with Gasteiger partial charge in [0.2, 0.25) is 10.5 Å². The zero-order chi connectivity index (χ0) is 13.2. The van der Waals surface area contributed by atoms with E-state index in [-0.39, 0.29) is 0 Å². The van der Waals surface area contributed by atoms with Crippen LogP contribution >= 0.6 is 0 Å². The third kappa shape index (κ3) is 4.13. The summed E-state index contributed by atoms with van der Waals surface area (Å²) in [5, 5.41) is 0. The van der Waals surface area contributed by atoms with Crippen molar-refractivity contribution in [2.24, 2.45) is 0 Å². The standard InChI is InChI=1S/C16H18.HOSi/c1-2-3-9-14-12-7-8-13-16(14)15-10-5-4-6-11-15;1-2/h4-8,10-13H,2-3,9H2,1H3;1H. The maximum absolute atomic E-state index is 6.81. The molecule has 0 unspecified atom stereocenters. The molecule has 2 aromatic rings. The number of hydrogen-bond donors (Lipinski definition) is 1. The minimum absolute atomic E-state index is 1.18. The van der Waals surface area contributed by atoms with Gasteiger partial charge in [0.25, 0.3) is 0 Å². The summed E-state index contributed by atoms with van der Waals surface area (Å²) in [4.78, 5) is 6.81. The second-order valence-electron chi connectivity index (χ2n) is 4.13. The summed E-state index contributed by atoms with van der Waals surface area (Å²) in [6.07, 6.45) is 3.70. The summed E-state index contributed by atoms with van der Waals surface area (Å²) in [5.41, 5.74) is 4.18. The van der Waals surface area contributed by atoms with Gasteiger partial charge in [0.15, 0.2) is 0 Å². The van der Waals surface area contributed by atoms with Crippen LogP contribution in [0.5, 0.6) is 0 Å². The second-order valence-corrected chi connectivity index (χ2v) is 4.13. The van der Waals surface area contributed by atoms with Gasteiger partial charge in [-0.15, -0.1) is 0 Å². The maximum Gasteiger partial charge on any atom is 0.240 e. The average molecular weight is 255 g/mol. The average Bonchev–Trinajstić information content (AvgIpc) is 2.48. The quantitative estimate of drug-likeness (QED) is 0.825. The van der Waals surface area contributed by atoms with Gasteiger partial charge in [-0.2, -0.15) is 0 Å². The highest BCUT2D eigenvalue weighted by molar-refractivity contribution is 5.95. The minimum Gasteiger partial charge on any atom is -0.433 e. The third-order valence-electron chi connectivity index (χ3n) is 2.90. The van der Waals surface area contributed by atoms with Gasteiger partial charge < -0.3 is 4.80 Å². The Morgan fingerprint density at radius 1 is 0.889 bits per heavy atom. The molecule has 0 aliphatic heterocycles. The molecule has 0 saturated heterocycles. The van der Waals surface area contributed by atoms with E-state index in [1.807, 2.05) is 10.5 Å². The van der Waals surface area contributed by atoms with E-state index in [0.717, 1.165) is 0 Å². The van der Waals surface area contributed by atoms with Gasteiger partial charge >= 0.3 is 0 Å². The molecule has 0 amide bonds. The van der Waals surface area contributed by atoms with Gasteiger partial charge in [-0.1, -0.05) is 67.9 Å². The summed E-state index contributed by atoms with van der Waals surface area (Å²) in [5.74, 6) is 0. The number of benzene rings is 2.